The lowest BCUT2D eigenvalue weighted by Gasteiger charge is -2.18. The summed E-state index contributed by atoms with van der Waals surface area (Å²) in [6.07, 6.45) is 0.429. The minimum Gasteiger partial charge on any atom is -0.481 e. The van der Waals surface area contributed by atoms with E-state index in [9.17, 15) is 9.59 Å². The first-order valence-corrected chi connectivity index (χ1v) is 9.63. The zero-order chi connectivity index (χ0) is 21.5. The molecule has 0 fully saturated rings. The first kappa shape index (κ1) is 21.0. The molecule has 0 saturated carbocycles. The molecular formula is C22H24N4O4. The second kappa shape index (κ2) is 9.69. The van der Waals surface area contributed by atoms with Crippen molar-refractivity contribution in [1.29, 1.82) is 5.41 Å². The van der Waals surface area contributed by atoms with Crippen LogP contribution in [0.1, 0.15) is 36.0 Å². The van der Waals surface area contributed by atoms with Crippen molar-refractivity contribution in [3.63, 3.8) is 0 Å². The predicted octanol–water partition coefficient (Wildman–Crippen LogP) is 2.06. The minimum atomic E-state index is -0.965. The quantitative estimate of drug-likeness (QED) is 0.372. The molecule has 2 atom stereocenters. The molecule has 2 aromatic carbocycles. The highest BCUT2D eigenvalue weighted by Gasteiger charge is 2.26. The standard InChI is InChI=1S/C22H24N4O4/c23-22(24)16-8-6-15(7-9-16)19-12-18(30-26-19)13-20(27)25-17(11-21(28)29)10-14-4-2-1-3-5-14/h1-9,17-18H,10-13H2,(H3,23,24)(H,25,27)(H,28,29). The van der Waals surface area contributed by atoms with Gasteiger partial charge in [0.1, 0.15) is 11.9 Å². The molecule has 1 aliphatic heterocycles. The first-order valence-electron chi connectivity index (χ1n) is 9.63. The Morgan fingerprint density at radius 3 is 2.53 bits per heavy atom. The lowest BCUT2D eigenvalue weighted by Crippen LogP contribution is -2.39. The van der Waals surface area contributed by atoms with E-state index in [0.717, 1.165) is 11.1 Å². The third-order valence-corrected chi connectivity index (χ3v) is 4.79. The maximum Gasteiger partial charge on any atom is 0.305 e. The molecular weight excluding hydrogens is 384 g/mol. The van der Waals surface area contributed by atoms with Gasteiger partial charge in [0, 0.05) is 18.0 Å². The number of amidine groups is 1. The van der Waals surface area contributed by atoms with Gasteiger partial charge in [-0.1, -0.05) is 59.8 Å². The summed E-state index contributed by atoms with van der Waals surface area (Å²) in [6.45, 7) is 0. The van der Waals surface area contributed by atoms with Crippen LogP contribution >= 0.6 is 0 Å². The second-order valence-electron chi connectivity index (χ2n) is 7.22. The van der Waals surface area contributed by atoms with E-state index >= 15 is 0 Å². The number of nitrogens with zero attached hydrogens (tertiary/aromatic N) is 1. The maximum atomic E-state index is 12.5. The van der Waals surface area contributed by atoms with Crippen molar-refractivity contribution in [1.82, 2.24) is 5.32 Å². The van der Waals surface area contributed by atoms with Crippen LogP contribution in [-0.4, -0.2) is 40.7 Å². The Hall–Kier alpha value is -3.68. The van der Waals surface area contributed by atoms with E-state index in [1.807, 2.05) is 42.5 Å². The molecule has 156 valence electrons. The Kier molecular flexibility index (Phi) is 6.79. The van der Waals surface area contributed by atoms with E-state index in [1.165, 1.54) is 0 Å². The molecule has 2 unspecified atom stereocenters. The average molecular weight is 408 g/mol. The average Bonchev–Trinajstić information content (AvgIpc) is 3.16. The smallest absolute Gasteiger partial charge is 0.305 e. The van der Waals surface area contributed by atoms with E-state index in [2.05, 4.69) is 10.5 Å². The maximum absolute atomic E-state index is 12.5. The summed E-state index contributed by atoms with van der Waals surface area (Å²) in [5, 5.41) is 23.5. The zero-order valence-electron chi connectivity index (χ0n) is 16.4. The number of aliphatic carboxylic acids is 1. The Labute approximate surface area is 174 Å². The van der Waals surface area contributed by atoms with Gasteiger partial charge in [0.15, 0.2) is 0 Å². The van der Waals surface area contributed by atoms with Gasteiger partial charge in [0.05, 0.1) is 18.6 Å². The predicted molar refractivity (Wildman–Crippen MR) is 112 cm³/mol. The Balaban J connectivity index is 1.53. The number of carbonyl (C=O) groups excluding carboxylic acids is 1. The summed E-state index contributed by atoms with van der Waals surface area (Å²) in [5.41, 5.74) is 8.60. The number of carbonyl (C=O) groups is 2. The third kappa shape index (κ3) is 5.91. The number of oxime groups is 1. The highest BCUT2D eigenvalue weighted by atomic mass is 16.6. The van der Waals surface area contributed by atoms with Crippen LogP contribution in [0.15, 0.2) is 59.8 Å². The molecule has 1 amide bonds. The molecule has 1 aliphatic rings. The van der Waals surface area contributed by atoms with Gasteiger partial charge < -0.3 is 21.0 Å². The van der Waals surface area contributed by atoms with Crippen LogP contribution in [-0.2, 0) is 20.8 Å². The van der Waals surface area contributed by atoms with Crippen molar-refractivity contribution in [3.05, 3.63) is 71.3 Å². The van der Waals surface area contributed by atoms with Gasteiger partial charge in [0.2, 0.25) is 5.91 Å². The number of nitrogens with two attached hydrogens (primary N) is 1. The molecule has 3 rings (SSSR count). The van der Waals surface area contributed by atoms with Gasteiger partial charge in [-0.05, 0) is 17.5 Å². The van der Waals surface area contributed by atoms with E-state index in [4.69, 9.17) is 21.1 Å². The van der Waals surface area contributed by atoms with Gasteiger partial charge in [-0.25, -0.2) is 0 Å². The number of rotatable bonds is 9. The fraction of sp³-hybridized carbons (Fsp3) is 0.273. The monoisotopic (exact) mass is 408 g/mol. The summed E-state index contributed by atoms with van der Waals surface area (Å²) in [5.74, 6) is -1.24. The van der Waals surface area contributed by atoms with Crippen molar-refractivity contribution >= 4 is 23.4 Å². The van der Waals surface area contributed by atoms with Crippen LogP contribution in [0.5, 0.6) is 0 Å². The van der Waals surface area contributed by atoms with Crippen molar-refractivity contribution < 1.29 is 19.5 Å². The van der Waals surface area contributed by atoms with E-state index in [0.29, 0.717) is 24.1 Å². The van der Waals surface area contributed by atoms with Crippen molar-refractivity contribution in [3.8, 4) is 0 Å². The zero-order valence-corrected chi connectivity index (χ0v) is 16.4. The summed E-state index contributed by atoms with van der Waals surface area (Å²) in [4.78, 5) is 29.0. The summed E-state index contributed by atoms with van der Waals surface area (Å²) >= 11 is 0. The van der Waals surface area contributed by atoms with Crippen LogP contribution in [0.2, 0.25) is 0 Å². The molecule has 0 bridgehead atoms. The molecule has 0 spiro atoms. The summed E-state index contributed by atoms with van der Waals surface area (Å²) in [7, 11) is 0. The third-order valence-electron chi connectivity index (χ3n) is 4.79. The molecule has 2 aromatic rings. The van der Waals surface area contributed by atoms with Crippen LogP contribution in [0.25, 0.3) is 0 Å². The SMILES string of the molecule is N=C(N)c1ccc(C2=NOC(CC(=O)NC(CC(=O)O)Cc3ccccc3)C2)cc1. The van der Waals surface area contributed by atoms with Gasteiger partial charge in [0.25, 0.3) is 0 Å². The van der Waals surface area contributed by atoms with Crippen LogP contribution in [0.4, 0.5) is 0 Å². The summed E-state index contributed by atoms with van der Waals surface area (Å²) in [6, 6.07) is 16.0. The van der Waals surface area contributed by atoms with E-state index in [-0.39, 0.29) is 24.6 Å². The number of benzene rings is 2. The first-order chi connectivity index (χ1) is 14.4. The fourth-order valence-corrected chi connectivity index (χ4v) is 3.33. The summed E-state index contributed by atoms with van der Waals surface area (Å²) < 4.78 is 0. The number of hydrogen-bond acceptors (Lipinski definition) is 5. The molecule has 0 aliphatic carbocycles. The fourth-order valence-electron chi connectivity index (χ4n) is 3.33. The minimum absolute atomic E-state index is 0.00729. The molecule has 1 heterocycles. The lowest BCUT2D eigenvalue weighted by molar-refractivity contribution is -0.137. The molecule has 0 aromatic heterocycles. The highest BCUT2D eigenvalue weighted by Crippen LogP contribution is 2.19. The number of carboxylic acid groups (broad SMARTS) is 1. The Morgan fingerprint density at radius 1 is 1.20 bits per heavy atom. The number of carboxylic acids is 1. The topological polar surface area (TPSA) is 138 Å². The van der Waals surface area contributed by atoms with Gasteiger partial charge in [-0.15, -0.1) is 0 Å². The highest BCUT2D eigenvalue weighted by molar-refractivity contribution is 6.02. The molecule has 0 saturated heterocycles. The molecule has 8 nitrogen and oxygen atoms in total. The molecule has 0 radical (unpaired) electrons. The van der Waals surface area contributed by atoms with Crippen molar-refractivity contribution in [2.45, 2.75) is 37.8 Å². The van der Waals surface area contributed by atoms with E-state index in [1.54, 1.807) is 12.1 Å². The molecule has 8 heteroatoms. The Bertz CT molecular complexity index is 941. The number of amides is 1. The normalized spacial score (nSPS) is 16.3. The largest absolute Gasteiger partial charge is 0.481 e. The Morgan fingerprint density at radius 2 is 1.90 bits per heavy atom. The van der Waals surface area contributed by atoms with Crippen LogP contribution in [0, 0.1) is 5.41 Å². The van der Waals surface area contributed by atoms with Crippen LogP contribution in [0.3, 0.4) is 0 Å². The lowest BCUT2D eigenvalue weighted by atomic mass is 10.0. The van der Waals surface area contributed by atoms with Crippen LogP contribution < -0.4 is 11.1 Å². The number of hydrogen-bond donors (Lipinski definition) is 4. The second-order valence-corrected chi connectivity index (χ2v) is 7.22. The van der Waals surface area contributed by atoms with Crippen molar-refractivity contribution in [2.24, 2.45) is 10.9 Å². The van der Waals surface area contributed by atoms with Gasteiger partial charge in [-0.3, -0.25) is 15.0 Å². The van der Waals surface area contributed by atoms with E-state index < -0.39 is 18.1 Å². The molecule has 5 N–H and O–H groups in total. The van der Waals surface area contributed by atoms with Crippen molar-refractivity contribution in [2.75, 3.05) is 0 Å². The number of nitrogens with one attached hydrogen (secondary N) is 2. The number of nitrogen functional groups attached to an aromatic ring is 1. The van der Waals surface area contributed by atoms with Gasteiger partial charge in [-0.2, -0.15) is 0 Å². The molecule has 30 heavy (non-hydrogen) atoms. The van der Waals surface area contributed by atoms with Gasteiger partial charge >= 0.3 is 5.97 Å².